The van der Waals surface area contributed by atoms with Crippen molar-refractivity contribution in [1.29, 1.82) is 0 Å². The summed E-state index contributed by atoms with van der Waals surface area (Å²) in [7, 11) is 1.55. The Morgan fingerprint density at radius 1 is 0.857 bits per heavy atom. The molecule has 0 radical (unpaired) electrons. The van der Waals surface area contributed by atoms with Crippen LogP contribution in [0.2, 0.25) is 0 Å². The molecule has 0 aromatic carbocycles. The third kappa shape index (κ3) is 26.1. The van der Waals surface area contributed by atoms with Gasteiger partial charge in [0.05, 0.1) is 27.7 Å². The van der Waals surface area contributed by atoms with Gasteiger partial charge >= 0.3 is 13.8 Å². The minimum atomic E-state index is -4.25. The number of likely N-dealkylation sites (N-methyl/N-ethyl adjacent to an activating group) is 1. The second-order valence-corrected chi connectivity index (χ2v) is 11.7. The number of carbonyl (C=O) groups is 1. The molecule has 0 aromatic heterocycles. The second kappa shape index (κ2) is 21.3. The summed E-state index contributed by atoms with van der Waals surface area (Å²) < 4.78 is 27.0. The van der Waals surface area contributed by atoms with Crippen LogP contribution in [0.5, 0.6) is 0 Å². The van der Waals surface area contributed by atoms with Crippen LogP contribution in [0, 0.1) is 0 Å². The maximum absolute atomic E-state index is 11.8. The highest BCUT2D eigenvalue weighted by atomic mass is 31.2. The van der Waals surface area contributed by atoms with Crippen molar-refractivity contribution in [2.45, 2.75) is 103 Å². The van der Waals surface area contributed by atoms with Gasteiger partial charge in [0.1, 0.15) is 25.9 Å². The van der Waals surface area contributed by atoms with Gasteiger partial charge in [-0.05, 0) is 19.3 Å². The topological polar surface area (TPSA) is 102 Å². The first-order chi connectivity index (χ1) is 16.6. The van der Waals surface area contributed by atoms with Crippen molar-refractivity contribution < 1.29 is 37.6 Å². The molecule has 8 nitrogen and oxygen atoms in total. The molecule has 0 saturated carbocycles. The summed E-state index contributed by atoms with van der Waals surface area (Å²) in [4.78, 5) is 21.4. The highest BCUT2D eigenvalue weighted by Gasteiger charge is 2.24. The van der Waals surface area contributed by atoms with E-state index in [1.165, 1.54) is 70.6 Å². The monoisotopic (exact) mass is 522 g/mol. The van der Waals surface area contributed by atoms with E-state index >= 15 is 0 Å². The van der Waals surface area contributed by atoms with Crippen molar-refractivity contribution in [1.82, 2.24) is 0 Å². The number of carbonyl (C=O) groups excluding carboxylic acids is 1. The number of ether oxygens (including phenoxy) is 1. The van der Waals surface area contributed by atoms with Crippen molar-refractivity contribution >= 4 is 13.8 Å². The maximum atomic E-state index is 11.8. The van der Waals surface area contributed by atoms with Crippen molar-refractivity contribution in [3.8, 4) is 0 Å². The van der Waals surface area contributed by atoms with Gasteiger partial charge in [-0.1, -0.05) is 83.3 Å². The Bertz CT molecular complexity index is 593. The summed E-state index contributed by atoms with van der Waals surface area (Å²) in [6.45, 7) is 2.09. The summed E-state index contributed by atoms with van der Waals surface area (Å²) in [6, 6.07) is 0. The number of esters is 1. The Kier molecular flexibility index (Phi) is 20.9. The summed E-state index contributed by atoms with van der Waals surface area (Å²) in [5.41, 5.74) is 0. The van der Waals surface area contributed by atoms with E-state index in [0.717, 1.165) is 6.42 Å². The number of nitrogens with zero attached hydrogens (tertiary/aromatic N) is 1. The Hall–Kier alpha value is -0.760. The molecular weight excluding hydrogens is 469 g/mol. The minimum absolute atomic E-state index is 0.0507. The lowest BCUT2D eigenvalue weighted by Crippen LogP contribution is -2.37. The highest BCUT2D eigenvalue weighted by Crippen LogP contribution is 2.43. The van der Waals surface area contributed by atoms with Crippen LogP contribution < -0.4 is 0 Å². The zero-order valence-electron chi connectivity index (χ0n) is 22.8. The summed E-state index contributed by atoms with van der Waals surface area (Å²) in [5.74, 6) is -0.422. The average Bonchev–Trinajstić information content (AvgIpc) is 2.78. The lowest BCUT2D eigenvalue weighted by Gasteiger charge is -2.24. The zero-order valence-corrected chi connectivity index (χ0v) is 23.7. The van der Waals surface area contributed by atoms with E-state index < -0.39 is 26.5 Å². The van der Waals surface area contributed by atoms with E-state index in [0.29, 0.717) is 17.4 Å². The number of unbranched alkanes of at least 4 members (excludes halogenated alkanes) is 11. The Balaban J connectivity index is 3.62. The van der Waals surface area contributed by atoms with Crippen molar-refractivity contribution in [2.75, 3.05) is 47.5 Å². The van der Waals surface area contributed by atoms with Gasteiger partial charge in [0.2, 0.25) is 0 Å². The molecule has 0 aromatic rings. The van der Waals surface area contributed by atoms with Crippen LogP contribution in [-0.2, 0) is 23.1 Å². The van der Waals surface area contributed by atoms with Crippen LogP contribution in [0.4, 0.5) is 0 Å². The molecule has 35 heavy (non-hydrogen) atoms. The Labute approximate surface area is 214 Å². The van der Waals surface area contributed by atoms with Crippen LogP contribution in [0.25, 0.3) is 0 Å². The Morgan fingerprint density at radius 3 is 1.97 bits per heavy atom. The van der Waals surface area contributed by atoms with Gasteiger partial charge in [0.15, 0.2) is 0 Å². The number of phosphoric acid groups is 1. The smallest absolute Gasteiger partial charge is 0.463 e. The van der Waals surface area contributed by atoms with Crippen molar-refractivity contribution in [3.05, 3.63) is 12.2 Å². The number of phosphoric ester groups is 1. The number of hydrogen-bond donors (Lipinski definition) is 2. The normalized spacial score (nSPS) is 14.8. The molecule has 0 heterocycles. The molecule has 1 unspecified atom stereocenters. The van der Waals surface area contributed by atoms with E-state index in [4.69, 9.17) is 13.8 Å². The maximum Gasteiger partial charge on any atom is 0.472 e. The largest absolute Gasteiger partial charge is 0.472 e. The first kappa shape index (κ1) is 34.2. The molecule has 0 aliphatic heterocycles. The summed E-state index contributed by atoms with van der Waals surface area (Å²) >= 11 is 0. The lowest BCUT2D eigenvalue weighted by atomic mass is 10.1. The number of quaternary nitrogens is 1. The van der Waals surface area contributed by atoms with Crippen molar-refractivity contribution in [3.63, 3.8) is 0 Å². The predicted octanol–water partition coefficient (Wildman–Crippen LogP) is 5.77. The fourth-order valence-electron chi connectivity index (χ4n) is 3.32. The van der Waals surface area contributed by atoms with Gasteiger partial charge in [0.25, 0.3) is 0 Å². The van der Waals surface area contributed by atoms with E-state index in [1.807, 2.05) is 27.2 Å². The van der Waals surface area contributed by atoms with Crippen molar-refractivity contribution in [2.24, 2.45) is 0 Å². The standard InChI is InChI=1S/C26H52NO7P/c1-5-6-7-8-9-10-11-12-13-14-15-16-17-18-19-20-26(29)32-23-25(28)24-34-35(30,31)33-22-21-27(2,3)4/h17-18,25,28H,5-16,19-24H2,1-4H3/p+1/b18-17+/t25-/m1/s1. The summed E-state index contributed by atoms with van der Waals surface area (Å²) in [5, 5.41) is 9.81. The average molecular weight is 523 g/mol. The Morgan fingerprint density at radius 2 is 1.40 bits per heavy atom. The SMILES string of the molecule is CCCCCCCCCCCCC/C=C/CCC(=O)OC[C@@H](O)COP(=O)(O)OCC[N+](C)(C)C. The van der Waals surface area contributed by atoms with E-state index in [2.05, 4.69) is 13.0 Å². The number of hydrogen-bond acceptors (Lipinski definition) is 6. The summed E-state index contributed by atoms with van der Waals surface area (Å²) in [6.07, 6.45) is 19.4. The molecule has 0 amide bonds. The van der Waals surface area contributed by atoms with Gasteiger partial charge in [-0.3, -0.25) is 13.8 Å². The van der Waals surface area contributed by atoms with Crippen LogP contribution in [0.15, 0.2) is 12.2 Å². The van der Waals surface area contributed by atoms with Crippen LogP contribution >= 0.6 is 7.82 Å². The number of allylic oxidation sites excluding steroid dienone is 2. The fraction of sp³-hybridized carbons (Fsp3) is 0.885. The third-order valence-corrected chi connectivity index (χ3v) is 6.52. The minimum Gasteiger partial charge on any atom is -0.463 e. The molecule has 0 bridgehead atoms. The predicted molar refractivity (Wildman–Crippen MR) is 141 cm³/mol. The molecule has 0 spiro atoms. The van der Waals surface area contributed by atoms with Gasteiger partial charge in [0, 0.05) is 6.42 Å². The first-order valence-corrected chi connectivity index (χ1v) is 15.0. The second-order valence-electron chi connectivity index (χ2n) is 10.3. The lowest BCUT2D eigenvalue weighted by molar-refractivity contribution is -0.870. The number of rotatable bonds is 24. The van der Waals surface area contributed by atoms with Gasteiger partial charge < -0.3 is 19.2 Å². The molecule has 0 aliphatic rings. The fourth-order valence-corrected chi connectivity index (χ4v) is 4.07. The number of aliphatic hydroxyl groups excluding tert-OH is 1. The molecule has 2 atom stereocenters. The highest BCUT2D eigenvalue weighted by molar-refractivity contribution is 7.47. The zero-order chi connectivity index (χ0) is 26.4. The first-order valence-electron chi connectivity index (χ1n) is 13.5. The van der Waals surface area contributed by atoms with E-state index in [9.17, 15) is 19.4 Å². The van der Waals surface area contributed by atoms with E-state index in [1.54, 1.807) is 0 Å². The molecular formula is C26H53NO7P+. The molecule has 0 aliphatic carbocycles. The third-order valence-electron chi connectivity index (χ3n) is 5.54. The quantitative estimate of drug-likeness (QED) is 0.0546. The van der Waals surface area contributed by atoms with Crippen LogP contribution in [0.3, 0.4) is 0 Å². The number of aliphatic hydroxyl groups is 1. The molecule has 2 N–H and O–H groups in total. The molecule has 0 saturated heterocycles. The van der Waals surface area contributed by atoms with Crippen LogP contribution in [0.1, 0.15) is 96.8 Å². The molecule has 0 rings (SSSR count). The molecule has 9 heteroatoms. The van der Waals surface area contributed by atoms with Gasteiger partial charge in [-0.2, -0.15) is 0 Å². The van der Waals surface area contributed by atoms with Gasteiger partial charge in [-0.25, -0.2) is 4.57 Å². The molecule has 208 valence electrons. The molecule has 0 fully saturated rings. The van der Waals surface area contributed by atoms with Gasteiger partial charge in [-0.15, -0.1) is 0 Å². The van der Waals surface area contributed by atoms with E-state index in [-0.39, 0.29) is 19.6 Å². The van der Waals surface area contributed by atoms with Crippen LogP contribution in [-0.4, -0.2) is 74.1 Å².